The molecular formula is C31H30ClF3N3O6-. The first kappa shape index (κ1) is 32.8. The van der Waals surface area contributed by atoms with Crippen LogP contribution in [0.3, 0.4) is 0 Å². The lowest BCUT2D eigenvalue weighted by molar-refractivity contribution is -0.255. The van der Waals surface area contributed by atoms with Crippen molar-refractivity contribution in [3.8, 4) is 22.5 Å². The van der Waals surface area contributed by atoms with Gasteiger partial charge in [-0.1, -0.05) is 12.8 Å². The van der Waals surface area contributed by atoms with Gasteiger partial charge in [0.25, 0.3) is 5.91 Å². The second-order valence-electron chi connectivity index (χ2n) is 9.88. The predicted molar refractivity (Wildman–Crippen MR) is 156 cm³/mol. The molecule has 13 heteroatoms. The van der Waals surface area contributed by atoms with E-state index in [9.17, 15) is 14.7 Å². The Morgan fingerprint density at radius 2 is 1.59 bits per heavy atom. The van der Waals surface area contributed by atoms with Crippen LogP contribution in [-0.4, -0.2) is 50.7 Å². The highest BCUT2D eigenvalue weighted by Gasteiger charge is 2.32. The number of halogens is 4. The number of fused-ring (bicyclic) bond motifs is 2. The van der Waals surface area contributed by atoms with Gasteiger partial charge in [-0.05, 0) is 37.1 Å². The van der Waals surface area contributed by atoms with E-state index in [1.54, 1.807) is 0 Å². The Balaban J connectivity index is 1.60. The normalized spacial score (nSPS) is 11.4. The zero-order valence-corrected chi connectivity index (χ0v) is 24.3. The molecule has 0 bridgehead atoms. The molecule has 2 aliphatic rings. The van der Waals surface area contributed by atoms with Crippen molar-refractivity contribution in [3.63, 3.8) is 0 Å². The third-order valence-electron chi connectivity index (χ3n) is 6.82. The number of carbonyl (C=O) groups is 2. The molecule has 0 aromatic heterocycles. The average molecular weight is 633 g/mol. The van der Waals surface area contributed by atoms with Gasteiger partial charge in [0.15, 0.2) is 11.6 Å². The molecule has 1 aliphatic carbocycles. The van der Waals surface area contributed by atoms with Crippen LogP contribution in [0.5, 0.6) is 0 Å². The third-order valence-corrected chi connectivity index (χ3v) is 7.09. The van der Waals surface area contributed by atoms with E-state index in [-0.39, 0.29) is 58.7 Å². The predicted octanol–water partition coefficient (Wildman–Crippen LogP) is 4.61. The summed E-state index contributed by atoms with van der Waals surface area (Å²) >= 11 is 5.63. The Bertz CT molecular complexity index is 1700. The van der Waals surface area contributed by atoms with Crippen molar-refractivity contribution < 1.29 is 41.8 Å². The van der Waals surface area contributed by atoms with Gasteiger partial charge in [-0.3, -0.25) is 4.79 Å². The van der Waals surface area contributed by atoms with Crippen molar-refractivity contribution >= 4 is 40.1 Å². The van der Waals surface area contributed by atoms with Crippen LogP contribution in [0.1, 0.15) is 46.4 Å². The number of nitrogen functional groups attached to an aromatic ring is 1. The number of amides is 1. The number of carbonyl (C=O) groups excluding carboxylic acids is 2. The van der Waals surface area contributed by atoms with Crippen molar-refractivity contribution in [2.75, 3.05) is 44.6 Å². The number of nitrogens with one attached hydrogen (secondary N) is 2. The molecule has 0 atom stereocenters. The summed E-state index contributed by atoms with van der Waals surface area (Å²) in [4.78, 5) is 25.0. The lowest BCUT2D eigenvalue weighted by atomic mass is 9.88. The minimum absolute atomic E-state index is 0.00767. The number of anilines is 1. The second kappa shape index (κ2) is 15.0. The number of carboxylic acids is 1. The molecule has 0 saturated carbocycles. The summed E-state index contributed by atoms with van der Waals surface area (Å²) in [7, 11) is 0. The quantitative estimate of drug-likeness (QED) is 0.0569. The SMILES string of the molecule is N=c1ccc2c(-c3c(F)c(C(=O)NCCOCCOCCCCCCCl)c(F)c(F)c3C(=O)[O-])c3ccc(N)cc3oc-2c1. The Hall–Kier alpha value is -4.13. The number of hydrogen-bond donors (Lipinski definition) is 3. The van der Waals surface area contributed by atoms with Gasteiger partial charge in [0.05, 0.1) is 31.1 Å². The van der Waals surface area contributed by atoms with Crippen LogP contribution in [-0.2, 0) is 9.47 Å². The molecule has 9 nitrogen and oxygen atoms in total. The first-order valence-electron chi connectivity index (χ1n) is 13.9. The van der Waals surface area contributed by atoms with E-state index in [0.29, 0.717) is 19.1 Å². The summed E-state index contributed by atoms with van der Waals surface area (Å²) in [6.07, 6.45) is 3.88. The van der Waals surface area contributed by atoms with E-state index in [0.717, 1.165) is 25.7 Å². The Morgan fingerprint density at radius 1 is 0.886 bits per heavy atom. The summed E-state index contributed by atoms with van der Waals surface area (Å²) in [5, 5.41) is 22.4. The maximum absolute atomic E-state index is 16.2. The molecule has 0 radical (unpaired) electrons. The minimum Gasteiger partial charge on any atom is -0.545 e. The molecule has 4 N–H and O–H groups in total. The van der Waals surface area contributed by atoms with Gasteiger partial charge in [-0.2, -0.15) is 0 Å². The van der Waals surface area contributed by atoms with Crippen LogP contribution in [0.15, 0.2) is 40.8 Å². The molecule has 234 valence electrons. The number of unbranched alkanes of at least 4 members (excludes halogenated alkanes) is 3. The maximum Gasteiger partial charge on any atom is 0.257 e. The number of hydrogen-bond acceptors (Lipinski definition) is 8. The molecule has 0 unspecified atom stereocenters. The van der Waals surface area contributed by atoms with Gasteiger partial charge in [-0.25, -0.2) is 13.2 Å². The fourth-order valence-corrected chi connectivity index (χ4v) is 4.95. The number of benzene rings is 3. The monoisotopic (exact) mass is 632 g/mol. The Kier molecular flexibility index (Phi) is 11.2. The van der Waals surface area contributed by atoms with E-state index < -0.39 is 46.0 Å². The van der Waals surface area contributed by atoms with Gasteiger partial charge in [0, 0.05) is 64.5 Å². The summed E-state index contributed by atoms with van der Waals surface area (Å²) in [6.45, 7) is 0.867. The van der Waals surface area contributed by atoms with Crippen molar-refractivity contribution in [3.05, 3.63) is 70.3 Å². The summed E-state index contributed by atoms with van der Waals surface area (Å²) in [5.74, 6) is -8.48. The largest absolute Gasteiger partial charge is 0.545 e. The van der Waals surface area contributed by atoms with Gasteiger partial charge in [-0.15, -0.1) is 11.6 Å². The molecule has 0 spiro atoms. The lowest BCUT2D eigenvalue weighted by Crippen LogP contribution is -2.32. The number of carboxylic acid groups (broad SMARTS) is 1. The zero-order valence-electron chi connectivity index (χ0n) is 23.6. The van der Waals surface area contributed by atoms with Crippen LogP contribution in [0, 0.1) is 22.9 Å². The van der Waals surface area contributed by atoms with Gasteiger partial charge < -0.3 is 40.3 Å². The van der Waals surface area contributed by atoms with Gasteiger partial charge in [0.2, 0.25) is 0 Å². The zero-order chi connectivity index (χ0) is 31.8. The van der Waals surface area contributed by atoms with Crippen molar-refractivity contribution in [1.82, 2.24) is 5.32 Å². The fraction of sp³-hybridized carbons (Fsp3) is 0.323. The third kappa shape index (κ3) is 7.32. The topological polar surface area (TPSA) is 151 Å². The highest BCUT2D eigenvalue weighted by atomic mass is 35.5. The number of ether oxygens (including phenoxy) is 2. The summed E-state index contributed by atoms with van der Waals surface area (Å²) in [6, 6.07) is 8.12. The Labute approximate surface area is 255 Å². The molecule has 2 aromatic rings. The van der Waals surface area contributed by atoms with Crippen molar-refractivity contribution in [1.29, 1.82) is 5.41 Å². The molecule has 44 heavy (non-hydrogen) atoms. The van der Waals surface area contributed by atoms with E-state index >= 15 is 13.2 Å². The van der Waals surface area contributed by atoms with Crippen LogP contribution in [0.25, 0.3) is 33.4 Å². The van der Waals surface area contributed by atoms with Gasteiger partial charge >= 0.3 is 0 Å². The maximum atomic E-state index is 16.2. The first-order chi connectivity index (χ1) is 21.1. The average Bonchev–Trinajstić information content (AvgIpc) is 2.98. The Morgan fingerprint density at radius 3 is 2.32 bits per heavy atom. The number of nitrogens with two attached hydrogens (primary N) is 1. The highest BCUT2D eigenvalue weighted by molar-refractivity contribution is 6.17. The highest BCUT2D eigenvalue weighted by Crippen LogP contribution is 2.44. The fourth-order valence-electron chi connectivity index (χ4n) is 4.76. The summed E-state index contributed by atoms with van der Waals surface area (Å²) < 4.78 is 63.3. The molecule has 4 rings (SSSR count). The van der Waals surface area contributed by atoms with Crippen LogP contribution in [0.2, 0.25) is 0 Å². The molecule has 0 fully saturated rings. The lowest BCUT2D eigenvalue weighted by Gasteiger charge is -2.21. The van der Waals surface area contributed by atoms with Crippen LogP contribution in [0.4, 0.5) is 18.9 Å². The van der Waals surface area contributed by atoms with Crippen molar-refractivity contribution in [2.24, 2.45) is 0 Å². The molecular weight excluding hydrogens is 603 g/mol. The number of rotatable bonds is 15. The van der Waals surface area contributed by atoms with Crippen molar-refractivity contribution in [2.45, 2.75) is 25.7 Å². The minimum atomic E-state index is -2.21. The number of alkyl halides is 1. The summed E-state index contributed by atoms with van der Waals surface area (Å²) in [5.41, 5.74) is 2.35. The molecule has 1 aliphatic heterocycles. The van der Waals surface area contributed by atoms with E-state index in [1.807, 2.05) is 0 Å². The first-order valence-corrected chi connectivity index (χ1v) is 14.4. The van der Waals surface area contributed by atoms with E-state index in [4.69, 9.17) is 36.6 Å². The standard InChI is InChI=1S/C31H31ClF3N3O6/c32-9-3-1-2-4-11-42-13-14-43-12-10-38-30(39)26-27(33)24(25(31(40)41)28(34)29(26)35)23-19-7-5-17(36)15-21(19)44-22-16-18(37)6-8-20(22)23/h5-8,15-16,36H,1-4,9-14,37H2,(H,38,39)(H,40,41)/p-1. The molecule has 0 saturated heterocycles. The smallest absolute Gasteiger partial charge is 0.257 e. The number of aromatic carboxylic acids is 1. The van der Waals surface area contributed by atoms with Crippen LogP contribution < -0.4 is 21.5 Å². The van der Waals surface area contributed by atoms with E-state index in [2.05, 4.69) is 5.32 Å². The molecule has 2 aromatic carbocycles. The molecule has 1 amide bonds. The van der Waals surface area contributed by atoms with E-state index in [1.165, 1.54) is 36.4 Å². The second-order valence-corrected chi connectivity index (χ2v) is 10.3. The van der Waals surface area contributed by atoms with Crippen LogP contribution >= 0.6 is 11.6 Å². The van der Waals surface area contributed by atoms with Gasteiger partial charge in [0.1, 0.15) is 22.7 Å². The molecule has 1 heterocycles.